The number of hydrogen-bond donors (Lipinski definition) is 2. The summed E-state index contributed by atoms with van der Waals surface area (Å²) in [4.78, 5) is 4.80. The number of aliphatic imine (C=N–C) groups is 1. The number of benzene rings is 1. The molecule has 1 fully saturated rings. The molecular formula is C21H35N3O2S. The Morgan fingerprint density at radius 2 is 2.00 bits per heavy atom. The number of ether oxygens (including phenoxy) is 1. The van der Waals surface area contributed by atoms with Gasteiger partial charge in [-0.05, 0) is 44.2 Å². The molecule has 0 radical (unpaired) electrons. The molecule has 152 valence electrons. The first-order chi connectivity index (χ1) is 13.2. The second-order valence-corrected chi connectivity index (χ2v) is 8.91. The van der Waals surface area contributed by atoms with E-state index < -0.39 is 10.8 Å². The van der Waals surface area contributed by atoms with Crippen molar-refractivity contribution in [3.05, 3.63) is 35.4 Å². The van der Waals surface area contributed by atoms with Crippen LogP contribution in [0.2, 0.25) is 0 Å². The zero-order valence-corrected chi connectivity index (χ0v) is 17.8. The lowest BCUT2D eigenvalue weighted by molar-refractivity contribution is 0.133. The first kappa shape index (κ1) is 21.9. The van der Waals surface area contributed by atoms with Gasteiger partial charge in [-0.3, -0.25) is 4.21 Å². The van der Waals surface area contributed by atoms with E-state index in [-0.39, 0.29) is 0 Å². The van der Waals surface area contributed by atoms with Crippen LogP contribution in [0, 0.1) is 0 Å². The van der Waals surface area contributed by atoms with Gasteiger partial charge in [0.05, 0.1) is 13.2 Å². The fraction of sp³-hybridized carbons (Fsp3) is 0.667. The van der Waals surface area contributed by atoms with Gasteiger partial charge in [0.25, 0.3) is 0 Å². The van der Waals surface area contributed by atoms with E-state index in [2.05, 4.69) is 29.7 Å². The summed E-state index contributed by atoms with van der Waals surface area (Å²) in [7, 11) is -0.707. The molecule has 5 nitrogen and oxygen atoms in total. The average molecular weight is 394 g/mol. The molecule has 0 amide bonds. The van der Waals surface area contributed by atoms with Gasteiger partial charge in [0.15, 0.2) is 5.96 Å². The summed E-state index contributed by atoms with van der Waals surface area (Å²) >= 11 is 0. The predicted molar refractivity (Wildman–Crippen MR) is 114 cm³/mol. The summed E-state index contributed by atoms with van der Waals surface area (Å²) in [6.07, 6.45) is 4.29. The Morgan fingerprint density at radius 3 is 2.70 bits per heavy atom. The summed E-state index contributed by atoms with van der Waals surface area (Å²) in [5.74, 6) is 1.60. The van der Waals surface area contributed by atoms with Crippen LogP contribution in [-0.4, -0.2) is 40.4 Å². The summed E-state index contributed by atoms with van der Waals surface area (Å²) in [5, 5.41) is 7.24. The van der Waals surface area contributed by atoms with Crippen LogP contribution < -0.4 is 10.6 Å². The van der Waals surface area contributed by atoms with Crippen molar-refractivity contribution in [1.29, 1.82) is 0 Å². The fourth-order valence-corrected chi connectivity index (χ4v) is 4.84. The van der Waals surface area contributed by atoms with Crippen molar-refractivity contribution in [2.75, 3.05) is 18.9 Å². The van der Waals surface area contributed by atoms with Crippen molar-refractivity contribution in [2.45, 2.75) is 70.9 Å². The van der Waals surface area contributed by atoms with Crippen LogP contribution in [0.4, 0.5) is 0 Å². The Morgan fingerprint density at radius 1 is 1.22 bits per heavy atom. The topological polar surface area (TPSA) is 62.7 Å². The zero-order valence-electron chi connectivity index (χ0n) is 17.0. The van der Waals surface area contributed by atoms with Gasteiger partial charge < -0.3 is 15.4 Å². The third kappa shape index (κ3) is 7.26. The van der Waals surface area contributed by atoms with E-state index in [4.69, 9.17) is 9.73 Å². The lowest BCUT2D eigenvalue weighted by Gasteiger charge is -2.30. The van der Waals surface area contributed by atoms with Gasteiger partial charge in [-0.15, -0.1) is 0 Å². The maximum Gasteiger partial charge on any atom is 0.191 e. The lowest BCUT2D eigenvalue weighted by atomic mass is 9.95. The van der Waals surface area contributed by atoms with Crippen molar-refractivity contribution >= 4 is 16.8 Å². The van der Waals surface area contributed by atoms with E-state index in [1.165, 1.54) is 11.1 Å². The smallest absolute Gasteiger partial charge is 0.191 e. The molecule has 6 heteroatoms. The summed E-state index contributed by atoms with van der Waals surface area (Å²) in [6, 6.07) is 8.65. The Bertz CT molecular complexity index is 621. The molecule has 0 aromatic heterocycles. The molecule has 27 heavy (non-hydrogen) atoms. The van der Waals surface area contributed by atoms with Crippen LogP contribution in [0.1, 0.15) is 57.6 Å². The molecule has 0 aliphatic heterocycles. The van der Waals surface area contributed by atoms with Crippen LogP contribution in [0.25, 0.3) is 0 Å². The SMILES string of the molecule is CCNC(=NCc1ccccc1COCC)NC1CCCC(S(=O)CC)C1. The monoisotopic (exact) mass is 393 g/mol. The Labute approximate surface area is 166 Å². The number of nitrogens with zero attached hydrogens (tertiary/aromatic N) is 1. The van der Waals surface area contributed by atoms with E-state index in [1.807, 2.05) is 26.0 Å². The molecule has 1 aliphatic rings. The third-order valence-corrected chi connectivity index (χ3v) is 6.70. The van der Waals surface area contributed by atoms with E-state index in [0.29, 0.717) is 31.1 Å². The normalized spacial score (nSPS) is 21.7. The standard InChI is InChI=1S/C21H35N3O2S/c1-4-22-21(24-19-12-9-13-20(14-19)27(25)6-3)23-15-17-10-7-8-11-18(17)16-26-5-2/h7-8,10-11,19-20H,4-6,9,12-16H2,1-3H3,(H2,22,23,24). The van der Waals surface area contributed by atoms with E-state index in [0.717, 1.165) is 43.9 Å². The maximum atomic E-state index is 12.2. The number of guanidine groups is 1. The van der Waals surface area contributed by atoms with Crippen LogP contribution in [-0.2, 0) is 28.7 Å². The first-order valence-electron chi connectivity index (χ1n) is 10.2. The Balaban J connectivity index is 2.01. The molecular weight excluding hydrogens is 358 g/mol. The van der Waals surface area contributed by atoms with Gasteiger partial charge in [-0.1, -0.05) is 37.6 Å². The number of hydrogen-bond acceptors (Lipinski definition) is 3. The highest BCUT2D eigenvalue weighted by molar-refractivity contribution is 7.85. The fourth-order valence-electron chi connectivity index (χ4n) is 3.49. The van der Waals surface area contributed by atoms with Crippen LogP contribution in [0.15, 0.2) is 29.3 Å². The van der Waals surface area contributed by atoms with Gasteiger partial charge in [0.1, 0.15) is 0 Å². The Kier molecular flexibility index (Phi) is 9.84. The van der Waals surface area contributed by atoms with Crippen LogP contribution in [0.5, 0.6) is 0 Å². The molecule has 1 aromatic rings. The molecule has 2 N–H and O–H groups in total. The minimum absolute atomic E-state index is 0.316. The summed E-state index contributed by atoms with van der Waals surface area (Å²) < 4.78 is 17.8. The highest BCUT2D eigenvalue weighted by atomic mass is 32.2. The van der Waals surface area contributed by atoms with Gasteiger partial charge >= 0.3 is 0 Å². The average Bonchev–Trinajstić information content (AvgIpc) is 2.70. The first-order valence-corrected chi connectivity index (χ1v) is 11.6. The molecule has 3 atom stereocenters. The molecule has 1 aliphatic carbocycles. The van der Waals surface area contributed by atoms with E-state index in [9.17, 15) is 4.21 Å². The van der Waals surface area contributed by atoms with Gasteiger partial charge in [0, 0.05) is 41.0 Å². The molecule has 2 rings (SSSR count). The number of rotatable bonds is 9. The van der Waals surface area contributed by atoms with Crippen molar-refractivity contribution in [3.8, 4) is 0 Å². The maximum absolute atomic E-state index is 12.2. The summed E-state index contributed by atoms with van der Waals surface area (Å²) in [5.41, 5.74) is 2.38. The van der Waals surface area contributed by atoms with Crippen molar-refractivity contribution in [3.63, 3.8) is 0 Å². The second-order valence-electron chi connectivity index (χ2n) is 6.90. The second kappa shape index (κ2) is 12.1. The van der Waals surface area contributed by atoms with Gasteiger partial charge in [0.2, 0.25) is 0 Å². The third-order valence-electron chi connectivity index (χ3n) is 4.96. The minimum atomic E-state index is -0.707. The van der Waals surface area contributed by atoms with Crippen molar-refractivity contribution in [1.82, 2.24) is 10.6 Å². The molecule has 0 heterocycles. The Hall–Kier alpha value is -1.40. The molecule has 0 bridgehead atoms. The molecule has 0 saturated heterocycles. The largest absolute Gasteiger partial charge is 0.377 e. The minimum Gasteiger partial charge on any atom is -0.377 e. The van der Waals surface area contributed by atoms with Crippen LogP contribution >= 0.6 is 0 Å². The van der Waals surface area contributed by atoms with Gasteiger partial charge in [-0.25, -0.2) is 4.99 Å². The van der Waals surface area contributed by atoms with Crippen LogP contribution in [0.3, 0.4) is 0 Å². The van der Waals surface area contributed by atoms with E-state index >= 15 is 0 Å². The van der Waals surface area contributed by atoms with Crippen molar-refractivity contribution < 1.29 is 8.95 Å². The zero-order chi connectivity index (χ0) is 19.5. The lowest BCUT2D eigenvalue weighted by Crippen LogP contribution is -2.46. The molecule has 3 unspecified atom stereocenters. The highest BCUT2D eigenvalue weighted by Crippen LogP contribution is 2.23. The summed E-state index contributed by atoms with van der Waals surface area (Å²) in [6.45, 7) is 8.88. The molecule has 1 saturated carbocycles. The highest BCUT2D eigenvalue weighted by Gasteiger charge is 2.26. The molecule has 1 aromatic carbocycles. The van der Waals surface area contributed by atoms with Crippen molar-refractivity contribution in [2.24, 2.45) is 4.99 Å². The quantitative estimate of drug-likeness (QED) is 0.499. The molecule has 0 spiro atoms. The van der Waals surface area contributed by atoms with Gasteiger partial charge in [-0.2, -0.15) is 0 Å². The predicted octanol–water partition coefficient (Wildman–Crippen LogP) is 3.36. The number of nitrogens with one attached hydrogen (secondary N) is 2. The van der Waals surface area contributed by atoms with E-state index in [1.54, 1.807) is 0 Å².